The summed E-state index contributed by atoms with van der Waals surface area (Å²) >= 11 is 0. The van der Waals surface area contributed by atoms with Crippen LogP contribution in [0.25, 0.3) is 0 Å². The third-order valence-electron chi connectivity index (χ3n) is 2.99. The molecule has 2 atom stereocenters. The maximum atomic E-state index is 12.3. The van der Waals surface area contributed by atoms with Crippen LogP contribution in [0.1, 0.15) is 25.7 Å². The number of halogens is 6. The van der Waals surface area contributed by atoms with Crippen LogP contribution < -0.4 is 9.44 Å². The molecule has 0 spiro atoms. The van der Waals surface area contributed by atoms with Crippen molar-refractivity contribution in [1.29, 1.82) is 0 Å². The molecule has 1 saturated carbocycles. The molecule has 1 aliphatic rings. The highest BCUT2D eigenvalue weighted by Crippen LogP contribution is 2.28. The molecule has 0 saturated heterocycles. The van der Waals surface area contributed by atoms with Gasteiger partial charge in [0.25, 0.3) is 0 Å². The molecular formula is C8H12F6N2O4S2. The molecule has 0 aromatic carbocycles. The molecule has 1 aliphatic carbocycles. The normalized spacial score (nSPS) is 25.2. The van der Waals surface area contributed by atoms with Crippen LogP contribution in [0.3, 0.4) is 0 Å². The van der Waals surface area contributed by atoms with Crippen molar-refractivity contribution in [2.24, 2.45) is 0 Å². The number of alkyl halides is 6. The molecule has 14 heteroatoms. The molecule has 0 aromatic heterocycles. The molecule has 0 amide bonds. The highest BCUT2D eigenvalue weighted by Gasteiger charge is 2.50. The Labute approximate surface area is 122 Å². The molecule has 1 fully saturated rings. The van der Waals surface area contributed by atoms with Crippen molar-refractivity contribution in [3.63, 3.8) is 0 Å². The maximum Gasteiger partial charge on any atom is 0.511 e. The fourth-order valence-electron chi connectivity index (χ4n) is 1.95. The van der Waals surface area contributed by atoms with Crippen LogP contribution in [0.2, 0.25) is 0 Å². The predicted molar refractivity (Wildman–Crippen MR) is 62.3 cm³/mol. The van der Waals surface area contributed by atoms with Crippen LogP contribution in [0.15, 0.2) is 0 Å². The zero-order valence-corrected chi connectivity index (χ0v) is 12.3. The summed E-state index contributed by atoms with van der Waals surface area (Å²) < 4.78 is 120. The average molecular weight is 378 g/mol. The average Bonchev–Trinajstić information content (AvgIpc) is 2.28. The molecule has 22 heavy (non-hydrogen) atoms. The maximum absolute atomic E-state index is 12.3. The Balaban J connectivity index is 2.95. The molecule has 1 rings (SSSR count). The zero-order valence-electron chi connectivity index (χ0n) is 10.7. The van der Waals surface area contributed by atoms with Gasteiger partial charge in [0.05, 0.1) is 0 Å². The van der Waals surface area contributed by atoms with Crippen molar-refractivity contribution >= 4 is 20.0 Å². The molecule has 6 nitrogen and oxygen atoms in total. The molecule has 0 heterocycles. The Kier molecular flexibility index (Phi) is 5.42. The van der Waals surface area contributed by atoms with E-state index >= 15 is 0 Å². The second kappa shape index (κ2) is 6.13. The van der Waals surface area contributed by atoms with E-state index in [1.54, 1.807) is 0 Å². The lowest BCUT2D eigenvalue weighted by Gasteiger charge is -2.32. The minimum Gasteiger partial charge on any atom is -0.203 e. The summed E-state index contributed by atoms with van der Waals surface area (Å²) in [6.07, 6.45) is 0.0469. The van der Waals surface area contributed by atoms with E-state index in [9.17, 15) is 43.2 Å². The first-order chi connectivity index (χ1) is 9.67. The number of nitrogens with one attached hydrogen (secondary N) is 2. The molecule has 0 bridgehead atoms. The Hall–Kier alpha value is -0.600. The first kappa shape index (κ1) is 19.4. The van der Waals surface area contributed by atoms with Crippen molar-refractivity contribution in [2.75, 3.05) is 0 Å². The molecule has 2 N–H and O–H groups in total. The fourth-order valence-corrected chi connectivity index (χ4v) is 3.57. The van der Waals surface area contributed by atoms with Crippen LogP contribution >= 0.6 is 0 Å². The predicted octanol–water partition coefficient (Wildman–Crippen LogP) is 1.18. The summed E-state index contributed by atoms with van der Waals surface area (Å²) in [7, 11) is -11.6. The first-order valence-corrected chi connectivity index (χ1v) is 8.81. The van der Waals surface area contributed by atoms with Gasteiger partial charge in [-0.05, 0) is 12.8 Å². The Morgan fingerprint density at radius 2 is 0.955 bits per heavy atom. The summed E-state index contributed by atoms with van der Waals surface area (Å²) in [4.78, 5) is 0. The van der Waals surface area contributed by atoms with Crippen molar-refractivity contribution in [3.8, 4) is 0 Å². The molecule has 132 valence electrons. The van der Waals surface area contributed by atoms with Gasteiger partial charge in [0, 0.05) is 12.1 Å². The van der Waals surface area contributed by atoms with Gasteiger partial charge in [0.15, 0.2) is 0 Å². The number of hydrogen-bond donors (Lipinski definition) is 2. The standard InChI is InChI=1S/C8H12F6N2O4S2/c9-7(10,11)21(17,18)15-5-3-1-2-4-6(5)16-22(19,20)8(12,13)14/h5-6,15-16H,1-4H2. The molecule has 0 aromatic rings. The Bertz CT molecular complexity index is 543. The summed E-state index contributed by atoms with van der Waals surface area (Å²) in [5.74, 6) is 0. The van der Waals surface area contributed by atoms with E-state index in [-0.39, 0.29) is 25.7 Å². The monoisotopic (exact) mass is 378 g/mol. The zero-order chi connectivity index (χ0) is 17.4. The Morgan fingerprint density at radius 3 is 1.18 bits per heavy atom. The van der Waals surface area contributed by atoms with Crippen molar-refractivity contribution in [3.05, 3.63) is 0 Å². The van der Waals surface area contributed by atoms with Gasteiger partial charge in [0.1, 0.15) is 0 Å². The van der Waals surface area contributed by atoms with Gasteiger partial charge in [-0.3, -0.25) is 0 Å². The summed E-state index contributed by atoms with van der Waals surface area (Å²) in [5, 5.41) is 0. The van der Waals surface area contributed by atoms with E-state index in [1.165, 1.54) is 9.44 Å². The van der Waals surface area contributed by atoms with Crippen molar-refractivity contribution in [1.82, 2.24) is 9.44 Å². The van der Waals surface area contributed by atoms with Crippen LogP contribution in [0.4, 0.5) is 26.3 Å². The minimum absolute atomic E-state index is 0.222. The molecule has 0 radical (unpaired) electrons. The van der Waals surface area contributed by atoms with Crippen LogP contribution in [0.5, 0.6) is 0 Å². The SMILES string of the molecule is O=S(=O)(NC1CCCCC1NS(=O)(=O)C(F)(F)F)C(F)(F)F. The summed E-state index contributed by atoms with van der Waals surface area (Å²) in [6, 6.07) is -3.23. The van der Waals surface area contributed by atoms with E-state index in [0.29, 0.717) is 0 Å². The lowest BCUT2D eigenvalue weighted by atomic mass is 9.92. The number of hydrogen-bond acceptors (Lipinski definition) is 4. The van der Waals surface area contributed by atoms with E-state index < -0.39 is 43.1 Å². The van der Waals surface area contributed by atoms with Gasteiger partial charge in [-0.25, -0.2) is 26.3 Å². The van der Waals surface area contributed by atoms with E-state index in [0.717, 1.165) is 0 Å². The third kappa shape index (κ3) is 4.45. The van der Waals surface area contributed by atoms with Gasteiger partial charge in [-0.1, -0.05) is 12.8 Å². The summed E-state index contributed by atoms with van der Waals surface area (Å²) in [5.41, 5.74) is -11.3. The fraction of sp³-hybridized carbons (Fsp3) is 1.00. The van der Waals surface area contributed by atoms with Gasteiger partial charge in [0.2, 0.25) is 0 Å². The van der Waals surface area contributed by atoms with Crippen LogP contribution in [-0.4, -0.2) is 39.9 Å². The number of rotatable bonds is 4. The quantitative estimate of drug-likeness (QED) is 0.719. The lowest BCUT2D eigenvalue weighted by Crippen LogP contribution is -2.56. The second-order valence-electron chi connectivity index (χ2n) is 4.63. The van der Waals surface area contributed by atoms with Crippen LogP contribution in [-0.2, 0) is 20.0 Å². The minimum atomic E-state index is -5.79. The van der Waals surface area contributed by atoms with E-state index in [1.807, 2.05) is 0 Å². The summed E-state index contributed by atoms with van der Waals surface area (Å²) in [6.45, 7) is 0. The second-order valence-corrected chi connectivity index (χ2v) is 8.04. The van der Waals surface area contributed by atoms with Crippen LogP contribution in [0, 0.1) is 0 Å². The smallest absolute Gasteiger partial charge is 0.203 e. The van der Waals surface area contributed by atoms with Gasteiger partial charge in [-0.2, -0.15) is 26.3 Å². The molecule has 0 aliphatic heterocycles. The highest BCUT2D eigenvalue weighted by atomic mass is 32.2. The van der Waals surface area contributed by atoms with Gasteiger partial charge >= 0.3 is 31.1 Å². The van der Waals surface area contributed by atoms with Crippen molar-refractivity contribution in [2.45, 2.75) is 48.8 Å². The van der Waals surface area contributed by atoms with Gasteiger partial charge < -0.3 is 0 Å². The largest absolute Gasteiger partial charge is 0.511 e. The topological polar surface area (TPSA) is 92.3 Å². The van der Waals surface area contributed by atoms with E-state index in [4.69, 9.17) is 0 Å². The van der Waals surface area contributed by atoms with E-state index in [2.05, 4.69) is 0 Å². The van der Waals surface area contributed by atoms with Crippen molar-refractivity contribution < 1.29 is 43.2 Å². The molecule has 2 unspecified atom stereocenters. The lowest BCUT2D eigenvalue weighted by molar-refractivity contribution is -0.0467. The Morgan fingerprint density at radius 1 is 0.682 bits per heavy atom. The highest BCUT2D eigenvalue weighted by molar-refractivity contribution is 7.90. The number of sulfonamides is 2. The first-order valence-electron chi connectivity index (χ1n) is 5.84. The molecular weight excluding hydrogens is 366 g/mol. The third-order valence-corrected chi connectivity index (χ3v) is 5.43. The van der Waals surface area contributed by atoms with Gasteiger partial charge in [-0.15, -0.1) is 0 Å².